The minimum Gasteiger partial charge on any atom is -0.495 e. The Hall–Kier alpha value is -2.01. The first kappa shape index (κ1) is 17.3. The van der Waals surface area contributed by atoms with E-state index in [0.29, 0.717) is 16.7 Å². The fraction of sp³-hybridized carbons (Fsp3) is 0.412. The van der Waals surface area contributed by atoms with Crippen molar-refractivity contribution < 1.29 is 4.74 Å². The van der Waals surface area contributed by atoms with Gasteiger partial charge in [0, 0.05) is 35.9 Å². The molecule has 0 aliphatic rings. The van der Waals surface area contributed by atoms with Gasteiger partial charge in [-0.25, -0.2) is 4.98 Å². The van der Waals surface area contributed by atoms with Gasteiger partial charge in [-0.1, -0.05) is 11.6 Å². The average molecular weight is 335 g/mol. The molecule has 0 amide bonds. The van der Waals surface area contributed by atoms with E-state index >= 15 is 0 Å². The summed E-state index contributed by atoms with van der Waals surface area (Å²) in [4.78, 5) is 11.3. The maximum absolute atomic E-state index is 6.15. The number of benzene rings is 1. The highest BCUT2D eigenvalue weighted by Crippen LogP contribution is 2.32. The Morgan fingerprint density at radius 1 is 1.13 bits per heavy atom. The van der Waals surface area contributed by atoms with Crippen LogP contribution in [0, 0.1) is 13.8 Å². The average Bonchev–Trinajstić information content (AvgIpc) is 2.51. The zero-order valence-electron chi connectivity index (χ0n) is 14.3. The highest BCUT2D eigenvalue weighted by molar-refractivity contribution is 6.31. The highest BCUT2D eigenvalue weighted by Gasteiger charge is 2.11. The fourth-order valence-corrected chi connectivity index (χ4v) is 2.52. The van der Waals surface area contributed by atoms with E-state index in [9.17, 15) is 0 Å². The van der Waals surface area contributed by atoms with Crippen LogP contribution in [0.5, 0.6) is 5.75 Å². The van der Waals surface area contributed by atoms with Crippen LogP contribution in [0.3, 0.4) is 0 Å². The monoisotopic (exact) mass is 334 g/mol. The van der Waals surface area contributed by atoms with Gasteiger partial charge in [-0.05, 0) is 39.3 Å². The maximum atomic E-state index is 6.15. The molecule has 5 nitrogen and oxygen atoms in total. The lowest BCUT2D eigenvalue weighted by Crippen LogP contribution is -2.23. The number of ether oxygens (including phenoxy) is 1. The Morgan fingerprint density at radius 2 is 1.83 bits per heavy atom. The van der Waals surface area contributed by atoms with E-state index < -0.39 is 0 Å². The molecule has 0 atom stereocenters. The molecule has 1 heterocycles. The van der Waals surface area contributed by atoms with Gasteiger partial charge in [0.05, 0.1) is 12.8 Å². The first-order valence-electron chi connectivity index (χ1n) is 7.70. The van der Waals surface area contributed by atoms with Crippen molar-refractivity contribution in [1.29, 1.82) is 0 Å². The van der Waals surface area contributed by atoms with Crippen LogP contribution in [0.25, 0.3) is 0 Å². The Labute approximate surface area is 142 Å². The third-order valence-corrected chi connectivity index (χ3v) is 4.06. The molecule has 1 aromatic carbocycles. The van der Waals surface area contributed by atoms with Crippen molar-refractivity contribution in [3.05, 3.63) is 34.5 Å². The van der Waals surface area contributed by atoms with Crippen molar-refractivity contribution in [3.8, 4) is 5.75 Å². The zero-order valence-corrected chi connectivity index (χ0v) is 15.0. The Kier molecular flexibility index (Phi) is 5.66. The van der Waals surface area contributed by atoms with Crippen molar-refractivity contribution in [2.24, 2.45) is 0 Å². The molecule has 0 spiro atoms. The van der Waals surface area contributed by atoms with E-state index in [1.165, 1.54) is 0 Å². The minimum atomic E-state index is 0.548. The number of hydrogen-bond donors (Lipinski definition) is 1. The van der Waals surface area contributed by atoms with Crippen LogP contribution in [0.4, 0.5) is 17.5 Å². The first-order valence-corrected chi connectivity index (χ1v) is 8.08. The molecule has 0 saturated carbocycles. The number of methoxy groups -OCH3 is 1. The van der Waals surface area contributed by atoms with Crippen molar-refractivity contribution in [2.75, 3.05) is 30.4 Å². The maximum Gasteiger partial charge on any atom is 0.229 e. The van der Waals surface area contributed by atoms with E-state index in [0.717, 1.165) is 35.9 Å². The Bertz CT molecular complexity index is 687. The van der Waals surface area contributed by atoms with Crippen LogP contribution in [0.2, 0.25) is 5.02 Å². The lowest BCUT2D eigenvalue weighted by Gasteiger charge is -2.21. The Morgan fingerprint density at radius 3 is 2.43 bits per heavy atom. The number of halogens is 1. The second kappa shape index (κ2) is 7.51. The first-order chi connectivity index (χ1) is 11.0. The van der Waals surface area contributed by atoms with Crippen LogP contribution in [0.15, 0.2) is 18.2 Å². The number of aromatic nitrogens is 2. The molecular weight excluding hydrogens is 312 g/mol. The smallest absolute Gasteiger partial charge is 0.229 e. The van der Waals surface area contributed by atoms with Gasteiger partial charge < -0.3 is 15.0 Å². The van der Waals surface area contributed by atoms with E-state index in [2.05, 4.69) is 34.0 Å². The van der Waals surface area contributed by atoms with Crippen LogP contribution in [-0.4, -0.2) is 30.2 Å². The third-order valence-electron chi connectivity index (χ3n) is 3.66. The van der Waals surface area contributed by atoms with Gasteiger partial charge in [-0.2, -0.15) is 4.98 Å². The van der Waals surface area contributed by atoms with E-state index in [1.54, 1.807) is 13.2 Å². The molecule has 2 aromatic rings. The summed E-state index contributed by atoms with van der Waals surface area (Å²) in [5.41, 5.74) is 2.67. The van der Waals surface area contributed by atoms with Gasteiger partial charge in [0.1, 0.15) is 11.6 Å². The second-order valence-electron chi connectivity index (χ2n) is 5.29. The number of nitrogens with one attached hydrogen (secondary N) is 1. The highest BCUT2D eigenvalue weighted by atomic mass is 35.5. The number of nitrogens with zero attached hydrogens (tertiary/aromatic N) is 3. The molecule has 2 rings (SSSR count). The Balaban J connectivity index is 2.39. The summed E-state index contributed by atoms with van der Waals surface area (Å²) in [7, 11) is 1.62. The molecular formula is C17H23ClN4O. The van der Waals surface area contributed by atoms with Gasteiger partial charge in [0.25, 0.3) is 0 Å². The van der Waals surface area contributed by atoms with Crippen LogP contribution in [-0.2, 0) is 0 Å². The molecule has 0 saturated heterocycles. The molecule has 0 unspecified atom stereocenters. The summed E-state index contributed by atoms with van der Waals surface area (Å²) < 4.78 is 5.39. The summed E-state index contributed by atoms with van der Waals surface area (Å²) in [6.07, 6.45) is 0. The lowest BCUT2D eigenvalue weighted by molar-refractivity contribution is 0.416. The molecule has 0 fully saturated rings. The fourth-order valence-electron chi connectivity index (χ4n) is 2.37. The molecule has 23 heavy (non-hydrogen) atoms. The van der Waals surface area contributed by atoms with E-state index in [1.807, 2.05) is 26.0 Å². The molecule has 124 valence electrons. The van der Waals surface area contributed by atoms with Crippen LogP contribution >= 0.6 is 11.6 Å². The molecule has 6 heteroatoms. The van der Waals surface area contributed by atoms with Gasteiger partial charge in [-0.15, -0.1) is 0 Å². The zero-order chi connectivity index (χ0) is 17.0. The summed E-state index contributed by atoms with van der Waals surface area (Å²) in [6.45, 7) is 9.93. The van der Waals surface area contributed by atoms with Crippen LogP contribution < -0.4 is 15.0 Å². The van der Waals surface area contributed by atoms with Gasteiger partial charge in [0.2, 0.25) is 5.95 Å². The number of hydrogen-bond acceptors (Lipinski definition) is 5. The van der Waals surface area contributed by atoms with E-state index in [4.69, 9.17) is 16.3 Å². The summed E-state index contributed by atoms with van der Waals surface area (Å²) in [6, 6.07) is 5.72. The normalized spacial score (nSPS) is 10.5. The predicted octanol–water partition coefficient (Wildman–Crippen LogP) is 4.35. The van der Waals surface area contributed by atoms with Crippen molar-refractivity contribution in [2.45, 2.75) is 27.7 Å². The van der Waals surface area contributed by atoms with Gasteiger partial charge in [0.15, 0.2) is 0 Å². The molecule has 1 aromatic heterocycles. The second-order valence-corrected chi connectivity index (χ2v) is 5.70. The third kappa shape index (κ3) is 4.05. The standard InChI is InChI=1S/C17H23ClN4O/c1-6-22(7-2)16-9-12(4)19-17(21-16)20-14-8-11(3)13(18)10-15(14)23-5/h8-10H,6-7H2,1-5H3,(H,19,20,21). The summed E-state index contributed by atoms with van der Waals surface area (Å²) >= 11 is 6.15. The molecule has 0 aliphatic carbocycles. The molecule has 0 aliphatic heterocycles. The van der Waals surface area contributed by atoms with Crippen LogP contribution in [0.1, 0.15) is 25.1 Å². The minimum absolute atomic E-state index is 0.548. The number of aryl methyl sites for hydroxylation is 2. The lowest BCUT2D eigenvalue weighted by atomic mass is 10.2. The topological polar surface area (TPSA) is 50.3 Å². The summed E-state index contributed by atoms with van der Waals surface area (Å²) in [5.74, 6) is 2.12. The van der Waals surface area contributed by atoms with Crippen molar-refractivity contribution in [3.63, 3.8) is 0 Å². The molecule has 0 bridgehead atoms. The molecule has 1 N–H and O–H groups in total. The largest absolute Gasteiger partial charge is 0.495 e. The molecule has 0 radical (unpaired) electrons. The summed E-state index contributed by atoms with van der Waals surface area (Å²) in [5, 5.41) is 3.91. The number of anilines is 3. The van der Waals surface area contributed by atoms with Crippen molar-refractivity contribution in [1.82, 2.24) is 9.97 Å². The predicted molar refractivity (Wildman–Crippen MR) is 96.4 cm³/mol. The van der Waals surface area contributed by atoms with Gasteiger partial charge >= 0.3 is 0 Å². The SMILES string of the molecule is CCN(CC)c1cc(C)nc(Nc2cc(C)c(Cl)cc2OC)n1. The quantitative estimate of drug-likeness (QED) is 0.851. The number of rotatable bonds is 6. The van der Waals surface area contributed by atoms with Gasteiger partial charge in [-0.3, -0.25) is 0 Å². The van der Waals surface area contributed by atoms with E-state index in [-0.39, 0.29) is 0 Å². The van der Waals surface area contributed by atoms with Crippen molar-refractivity contribution >= 4 is 29.1 Å².